The lowest BCUT2D eigenvalue weighted by atomic mass is 9.87. The first-order valence-electron chi connectivity index (χ1n) is 10.9. The fourth-order valence-corrected chi connectivity index (χ4v) is 4.36. The van der Waals surface area contributed by atoms with Crippen molar-refractivity contribution in [2.75, 3.05) is 31.1 Å². The molecule has 1 saturated heterocycles. The summed E-state index contributed by atoms with van der Waals surface area (Å²) in [5.41, 5.74) is 5.97. The molecule has 1 aliphatic carbocycles. The van der Waals surface area contributed by atoms with Gasteiger partial charge in [0.15, 0.2) is 0 Å². The molecule has 1 aromatic rings. The molecule has 0 bridgehead atoms. The van der Waals surface area contributed by atoms with E-state index in [1.165, 1.54) is 19.3 Å². The van der Waals surface area contributed by atoms with Crippen LogP contribution in [0.5, 0.6) is 0 Å². The van der Waals surface area contributed by atoms with Gasteiger partial charge in [-0.2, -0.15) is 0 Å². The van der Waals surface area contributed by atoms with Gasteiger partial charge in [0, 0.05) is 56.2 Å². The van der Waals surface area contributed by atoms with E-state index >= 15 is 0 Å². The molecule has 0 unspecified atom stereocenters. The molecule has 1 aromatic carbocycles. The average Bonchev–Trinajstić information content (AvgIpc) is 2.77. The highest BCUT2D eigenvalue weighted by molar-refractivity contribution is 6.30. The van der Waals surface area contributed by atoms with Gasteiger partial charge in [-0.3, -0.25) is 25.2 Å². The van der Waals surface area contributed by atoms with Gasteiger partial charge < -0.3 is 9.80 Å². The Kier molecular flexibility index (Phi) is 8.37. The quantitative estimate of drug-likeness (QED) is 0.674. The van der Waals surface area contributed by atoms with Gasteiger partial charge >= 0.3 is 0 Å². The number of rotatable bonds is 6. The van der Waals surface area contributed by atoms with Crippen molar-refractivity contribution in [3.63, 3.8) is 0 Å². The first-order chi connectivity index (χ1) is 14.5. The summed E-state index contributed by atoms with van der Waals surface area (Å²) in [6, 6.07) is 7.69. The third-order valence-electron chi connectivity index (χ3n) is 5.91. The number of carbonyl (C=O) groups excluding carboxylic acids is 3. The highest BCUT2D eigenvalue weighted by Gasteiger charge is 2.22. The van der Waals surface area contributed by atoms with Gasteiger partial charge in [-0.15, -0.1) is 0 Å². The van der Waals surface area contributed by atoms with Gasteiger partial charge in [0.1, 0.15) is 0 Å². The molecule has 0 aromatic heterocycles. The van der Waals surface area contributed by atoms with Crippen molar-refractivity contribution in [3.8, 4) is 0 Å². The van der Waals surface area contributed by atoms with E-state index < -0.39 is 0 Å². The van der Waals surface area contributed by atoms with Crippen LogP contribution in [-0.4, -0.2) is 48.8 Å². The number of hydrogen-bond donors (Lipinski definition) is 2. The third kappa shape index (κ3) is 6.90. The molecule has 3 amide bonds. The molecule has 1 heterocycles. The molecule has 2 aliphatic rings. The Bertz CT molecular complexity index is 744. The highest BCUT2D eigenvalue weighted by atomic mass is 35.5. The molecule has 1 saturated carbocycles. The summed E-state index contributed by atoms with van der Waals surface area (Å²) in [5, 5.41) is 0.697. The molecule has 0 atom stereocenters. The van der Waals surface area contributed by atoms with Crippen LogP contribution in [-0.2, 0) is 14.4 Å². The van der Waals surface area contributed by atoms with Gasteiger partial charge in [0.25, 0.3) is 0 Å². The van der Waals surface area contributed by atoms with Crippen molar-refractivity contribution in [3.05, 3.63) is 29.3 Å². The number of carbonyl (C=O) groups is 3. The smallest absolute Gasteiger partial charge is 0.238 e. The number of halogens is 1. The molecule has 3 rings (SSSR count). The van der Waals surface area contributed by atoms with E-state index in [4.69, 9.17) is 11.6 Å². The van der Waals surface area contributed by atoms with Crippen molar-refractivity contribution < 1.29 is 14.4 Å². The van der Waals surface area contributed by atoms with Crippen molar-refractivity contribution in [2.24, 2.45) is 5.92 Å². The van der Waals surface area contributed by atoms with E-state index in [0.717, 1.165) is 31.6 Å². The standard InChI is InChI=1S/C22H31ClN4O3/c23-18-7-4-8-19(16-18)26-11-13-27(14-12-26)22(30)10-9-20(28)24-25-21(29)15-17-5-2-1-3-6-17/h4,7-8,16-17H,1-3,5-6,9-15H2,(H,24,28)(H,25,29). The normalized spacial score (nSPS) is 17.5. The topological polar surface area (TPSA) is 81.8 Å². The van der Waals surface area contributed by atoms with Crippen molar-refractivity contribution in [1.29, 1.82) is 0 Å². The van der Waals surface area contributed by atoms with Gasteiger partial charge in [-0.05, 0) is 37.0 Å². The van der Waals surface area contributed by atoms with Crippen molar-refractivity contribution in [2.45, 2.75) is 51.4 Å². The van der Waals surface area contributed by atoms with Crippen LogP contribution in [0.1, 0.15) is 51.4 Å². The predicted octanol–water partition coefficient (Wildman–Crippen LogP) is 2.89. The minimum Gasteiger partial charge on any atom is -0.368 e. The predicted molar refractivity (Wildman–Crippen MR) is 117 cm³/mol. The van der Waals surface area contributed by atoms with Crippen LogP contribution in [0.2, 0.25) is 5.02 Å². The lowest BCUT2D eigenvalue weighted by molar-refractivity contribution is -0.134. The Balaban J connectivity index is 1.31. The number of nitrogens with zero attached hydrogens (tertiary/aromatic N) is 2. The molecule has 8 heteroatoms. The third-order valence-corrected chi connectivity index (χ3v) is 6.15. The van der Waals surface area contributed by atoms with Gasteiger partial charge in [-0.25, -0.2) is 0 Å². The SMILES string of the molecule is O=C(CCC(=O)N1CCN(c2cccc(Cl)c2)CC1)NNC(=O)CC1CCCCC1. The van der Waals surface area contributed by atoms with Crippen LogP contribution in [0, 0.1) is 5.92 Å². The lowest BCUT2D eigenvalue weighted by Crippen LogP contribution is -2.49. The van der Waals surface area contributed by atoms with E-state index in [1.807, 2.05) is 24.3 Å². The Morgan fingerprint density at radius 2 is 1.63 bits per heavy atom. The highest BCUT2D eigenvalue weighted by Crippen LogP contribution is 2.26. The Hall–Kier alpha value is -2.28. The molecule has 2 N–H and O–H groups in total. The Morgan fingerprint density at radius 1 is 0.933 bits per heavy atom. The second kappa shape index (κ2) is 11.2. The van der Waals surface area contributed by atoms with Gasteiger partial charge in [0.2, 0.25) is 17.7 Å². The zero-order chi connectivity index (χ0) is 21.3. The van der Waals surface area contributed by atoms with Crippen LogP contribution in [0.15, 0.2) is 24.3 Å². The van der Waals surface area contributed by atoms with E-state index in [-0.39, 0.29) is 30.6 Å². The maximum Gasteiger partial charge on any atom is 0.238 e. The number of nitrogens with one attached hydrogen (secondary N) is 2. The van der Waals surface area contributed by atoms with E-state index in [1.54, 1.807) is 4.90 Å². The van der Waals surface area contributed by atoms with Crippen LogP contribution in [0.3, 0.4) is 0 Å². The van der Waals surface area contributed by atoms with E-state index in [0.29, 0.717) is 30.5 Å². The number of piperazine rings is 1. The number of amides is 3. The minimum absolute atomic E-state index is 0.0376. The van der Waals surface area contributed by atoms with Crippen molar-refractivity contribution in [1.82, 2.24) is 15.8 Å². The second-order valence-corrected chi connectivity index (χ2v) is 8.59. The minimum atomic E-state index is -0.335. The van der Waals surface area contributed by atoms with Gasteiger partial charge in [-0.1, -0.05) is 36.9 Å². The fourth-order valence-electron chi connectivity index (χ4n) is 4.17. The number of hydrazine groups is 1. The van der Waals surface area contributed by atoms with Crippen LogP contribution in [0.4, 0.5) is 5.69 Å². The van der Waals surface area contributed by atoms with E-state index in [9.17, 15) is 14.4 Å². The van der Waals surface area contributed by atoms with Crippen LogP contribution < -0.4 is 15.8 Å². The molecular formula is C22H31ClN4O3. The Labute approximate surface area is 183 Å². The van der Waals surface area contributed by atoms with Gasteiger partial charge in [0.05, 0.1) is 0 Å². The summed E-state index contributed by atoms with van der Waals surface area (Å²) in [7, 11) is 0. The molecule has 1 aliphatic heterocycles. The summed E-state index contributed by atoms with van der Waals surface area (Å²) in [6.45, 7) is 2.70. The molecule has 7 nitrogen and oxygen atoms in total. The summed E-state index contributed by atoms with van der Waals surface area (Å²) in [5.74, 6) is -0.108. The van der Waals surface area contributed by atoms with E-state index in [2.05, 4.69) is 15.8 Å². The Morgan fingerprint density at radius 3 is 2.33 bits per heavy atom. The fraction of sp³-hybridized carbons (Fsp3) is 0.591. The zero-order valence-electron chi connectivity index (χ0n) is 17.4. The molecular weight excluding hydrogens is 404 g/mol. The maximum atomic E-state index is 12.4. The first-order valence-corrected chi connectivity index (χ1v) is 11.2. The summed E-state index contributed by atoms with van der Waals surface area (Å²) >= 11 is 6.05. The summed E-state index contributed by atoms with van der Waals surface area (Å²) in [4.78, 5) is 40.3. The molecule has 0 radical (unpaired) electrons. The molecule has 2 fully saturated rings. The number of anilines is 1. The second-order valence-electron chi connectivity index (χ2n) is 8.15. The largest absolute Gasteiger partial charge is 0.368 e. The summed E-state index contributed by atoms with van der Waals surface area (Å²) < 4.78 is 0. The average molecular weight is 435 g/mol. The molecule has 164 valence electrons. The molecule has 30 heavy (non-hydrogen) atoms. The van der Waals surface area contributed by atoms with Crippen LogP contribution >= 0.6 is 11.6 Å². The zero-order valence-corrected chi connectivity index (χ0v) is 18.1. The monoisotopic (exact) mass is 434 g/mol. The van der Waals surface area contributed by atoms with Crippen LogP contribution in [0.25, 0.3) is 0 Å². The first kappa shape index (κ1) is 22.4. The lowest BCUT2D eigenvalue weighted by Gasteiger charge is -2.36. The maximum absolute atomic E-state index is 12.4. The number of hydrogen-bond acceptors (Lipinski definition) is 4. The number of benzene rings is 1. The summed E-state index contributed by atoms with van der Waals surface area (Å²) in [6.07, 6.45) is 6.44. The van der Waals surface area contributed by atoms with Crippen molar-refractivity contribution >= 4 is 35.0 Å². The molecule has 0 spiro atoms.